The first-order valence-electron chi connectivity index (χ1n) is 5.60. The van der Waals surface area contributed by atoms with Crippen LogP contribution in [0.25, 0.3) is 0 Å². The molecule has 0 aliphatic carbocycles. The van der Waals surface area contributed by atoms with Gasteiger partial charge in [-0.05, 0) is 31.0 Å². The summed E-state index contributed by atoms with van der Waals surface area (Å²) in [5, 5.41) is 10.4. The molecule has 0 aromatic heterocycles. The molecule has 0 radical (unpaired) electrons. The van der Waals surface area contributed by atoms with Gasteiger partial charge in [0.25, 0.3) is 0 Å². The summed E-state index contributed by atoms with van der Waals surface area (Å²) in [5.74, 6) is -1.81. The van der Waals surface area contributed by atoms with E-state index in [-0.39, 0.29) is 5.02 Å². The van der Waals surface area contributed by atoms with Crippen LogP contribution in [0.4, 0.5) is 4.39 Å². The second kappa shape index (κ2) is 5.67. The van der Waals surface area contributed by atoms with Gasteiger partial charge < -0.3 is 9.84 Å². The molecule has 0 heterocycles. The van der Waals surface area contributed by atoms with Crippen molar-refractivity contribution in [2.45, 2.75) is 25.9 Å². The average molecular weight is 275 g/mol. The monoisotopic (exact) mass is 274 g/mol. The lowest BCUT2D eigenvalue weighted by molar-refractivity contribution is -0.155. The molecule has 1 rings (SSSR count). The quantitative estimate of drug-likeness (QED) is 0.859. The van der Waals surface area contributed by atoms with Gasteiger partial charge in [-0.25, -0.2) is 4.39 Å². The van der Waals surface area contributed by atoms with E-state index in [0.717, 1.165) is 6.07 Å². The third-order valence-electron chi connectivity index (χ3n) is 3.08. The first-order valence-corrected chi connectivity index (χ1v) is 5.98. The molecule has 0 spiro atoms. The molecule has 0 aliphatic heterocycles. The Morgan fingerprint density at radius 2 is 2.22 bits per heavy atom. The molecule has 100 valence electrons. The van der Waals surface area contributed by atoms with E-state index in [1.807, 2.05) is 0 Å². The van der Waals surface area contributed by atoms with Crippen LogP contribution in [0.15, 0.2) is 18.2 Å². The summed E-state index contributed by atoms with van der Waals surface area (Å²) < 4.78 is 17.7. The number of hydrogen-bond donors (Lipinski definition) is 1. The lowest BCUT2D eigenvalue weighted by Crippen LogP contribution is -2.37. The molecule has 18 heavy (non-hydrogen) atoms. The number of esters is 1. The van der Waals surface area contributed by atoms with Gasteiger partial charge in [0.15, 0.2) is 0 Å². The van der Waals surface area contributed by atoms with E-state index in [4.69, 9.17) is 11.6 Å². The van der Waals surface area contributed by atoms with Crippen LogP contribution in [0.1, 0.15) is 25.8 Å². The van der Waals surface area contributed by atoms with E-state index in [2.05, 4.69) is 4.74 Å². The van der Waals surface area contributed by atoms with E-state index in [1.165, 1.54) is 26.2 Å². The van der Waals surface area contributed by atoms with Crippen molar-refractivity contribution >= 4 is 17.6 Å². The van der Waals surface area contributed by atoms with Crippen molar-refractivity contribution in [3.8, 4) is 0 Å². The van der Waals surface area contributed by atoms with Crippen LogP contribution in [-0.4, -0.2) is 18.2 Å². The molecule has 2 atom stereocenters. The maximum Gasteiger partial charge on any atom is 0.311 e. The third kappa shape index (κ3) is 2.82. The first kappa shape index (κ1) is 14.9. The van der Waals surface area contributed by atoms with Gasteiger partial charge in [0.05, 0.1) is 18.1 Å². The number of carbonyl (C=O) groups excluding carboxylic acids is 1. The lowest BCUT2D eigenvalue weighted by atomic mass is 9.81. The maximum absolute atomic E-state index is 13.1. The molecule has 0 aliphatic rings. The van der Waals surface area contributed by atoms with Crippen LogP contribution in [0.3, 0.4) is 0 Å². The zero-order valence-corrected chi connectivity index (χ0v) is 11.3. The van der Waals surface area contributed by atoms with E-state index in [1.54, 1.807) is 6.92 Å². The molecule has 1 aromatic carbocycles. The molecule has 0 saturated heterocycles. The summed E-state index contributed by atoms with van der Waals surface area (Å²) >= 11 is 5.68. The zero-order chi connectivity index (χ0) is 13.9. The Morgan fingerprint density at radius 3 is 2.67 bits per heavy atom. The highest BCUT2D eigenvalue weighted by atomic mass is 35.5. The molecule has 5 heteroatoms. The van der Waals surface area contributed by atoms with E-state index in [9.17, 15) is 14.3 Å². The van der Waals surface area contributed by atoms with Crippen LogP contribution >= 0.6 is 11.6 Å². The molecule has 1 N–H and O–H groups in total. The Labute approximate surface area is 111 Å². The van der Waals surface area contributed by atoms with Crippen LogP contribution in [-0.2, 0) is 15.1 Å². The Hall–Kier alpha value is -1.13. The molecule has 0 fully saturated rings. The van der Waals surface area contributed by atoms with E-state index < -0.39 is 23.3 Å². The van der Waals surface area contributed by atoms with Gasteiger partial charge in [-0.3, -0.25) is 4.79 Å². The van der Waals surface area contributed by atoms with Crippen molar-refractivity contribution in [3.63, 3.8) is 0 Å². The fourth-order valence-electron chi connectivity index (χ4n) is 1.95. The van der Waals surface area contributed by atoms with Crippen molar-refractivity contribution in [2.75, 3.05) is 7.11 Å². The number of aliphatic hydroxyl groups is 1. The van der Waals surface area contributed by atoms with Gasteiger partial charge in [-0.2, -0.15) is 0 Å². The van der Waals surface area contributed by atoms with E-state index in [0.29, 0.717) is 12.0 Å². The summed E-state index contributed by atoms with van der Waals surface area (Å²) in [7, 11) is 1.26. The van der Waals surface area contributed by atoms with Crippen LogP contribution in [0.2, 0.25) is 5.02 Å². The van der Waals surface area contributed by atoms with Gasteiger partial charge >= 0.3 is 5.97 Å². The number of methoxy groups -OCH3 is 1. The number of halogens is 2. The number of ether oxygens (including phenoxy) is 1. The highest BCUT2D eigenvalue weighted by molar-refractivity contribution is 6.30. The van der Waals surface area contributed by atoms with Gasteiger partial charge in [0, 0.05) is 0 Å². The van der Waals surface area contributed by atoms with Gasteiger partial charge in [-0.1, -0.05) is 24.6 Å². The van der Waals surface area contributed by atoms with Crippen molar-refractivity contribution < 1.29 is 19.0 Å². The van der Waals surface area contributed by atoms with Gasteiger partial charge in [0.2, 0.25) is 0 Å². The molecule has 0 amide bonds. The fourth-order valence-corrected chi connectivity index (χ4v) is 2.13. The Morgan fingerprint density at radius 1 is 1.61 bits per heavy atom. The summed E-state index contributed by atoms with van der Waals surface area (Å²) in [6.07, 6.45) is 0.397. The van der Waals surface area contributed by atoms with Crippen molar-refractivity contribution in [1.82, 2.24) is 0 Å². The molecule has 2 unspecified atom stereocenters. The topological polar surface area (TPSA) is 46.5 Å². The van der Waals surface area contributed by atoms with Crippen molar-refractivity contribution in [2.24, 2.45) is 5.92 Å². The summed E-state index contributed by atoms with van der Waals surface area (Å²) in [5.41, 5.74) is -1.08. The molecular weight excluding hydrogens is 259 g/mol. The van der Waals surface area contributed by atoms with Crippen LogP contribution in [0, 0.1) is 11.7 Å². The predicted molar refractivity (Wildman–Crippen MR) is 66.8 cm³/mol. The molecule has 0 bridgehead atoms. The third-order valence-corrected chi connectivity index (χ3v) is 3.37. The first-order chi connectivity index (χ1) is 8.34. The highest BCUT2D eigenvalue weighted by Crippen LogP contribution is 2.34. The Bertz CT molecular complexity index is 446. The Kier molecular flexibility index (Phi) is 4.71. The second-order valence-electron chi connectivity index (χ2n) is 4.26. The van der Waals surface area contributed by atoms with Crippen molar-refractivity contribution in [3.05, 3.63) is 34.6 Å². The largest absolute Gasteiger partial charge is 0.469 e. The van der Waals surface area contributed by atoms with E-state index >= 15 is 0 Å². The predicted octanol–water partition coefficient (Wildman–Crippen LogP) is 2.89. The highest BCUT2D eigenvalue weighted by Gasteiger charge is 2.38. The standard InChI is InChI=1S/C13H16ClFO3/c1-4-9(12(16)18-3)13(2,17)8-5-6-11(15)10(14)7-8/h5-7,9,17H,4H2,1-3H3. The number of hydrogen-bond acceptors (Lipinski definition) is 3. The smallest absolute Gasteiger partial charge is 0.311 e. The van der Waals surface area contributed by atoms with Crippen LogP contribution < -0.4 is 0 Å². The number of carbonyl (C=O) groups is 1. The lowest BCUT2D eigenvalue weighted by Gasteiger charge is -2.31. The molecular formula is C13H16ClFO3. The number of rotatable bonds is 4. The SMILES string of the molecule is CCC(C(=O)OC)C(C)(O)c1ccc(F)c(Cl)c1. The molecule has 1 aromatic rings. The minimum atomic E-state index is -1.46. The normalized spacial score (nSPS) is 15.9. The second-order valence-corrected chi connectivity index (χ2v) is 4.67. The molecule has 3 nitrogen and oxygen atoms in total. The minimum absolute atomic E-state index is 0.0903. The maximum atomic E-state index is 13.1. The van der Waals surface area contributed by atoms with Gasteiger partial charge in [-0.15, -0.1) is 0 Å². The number of benzene rings is 1. The summed E-state index contributed by atoms with van der Waals surface area (Å²) in [6.45, 7) is 3.25. The fraction of sp³-hybridized carbons (Fsp3) is 0.462. The van der Waals surface area contributed by atoms with Gasteiger partial charge in [0.1, 0.15) is 11.4 Å². The van der Waals surface area contributed by atoms with Crippen LogP contribution in [0.5, 0.6) is 0 Å². The summed E-state index contributed by atoms with van der Waals surface area (Å²) in [6, 6.07) is 3.89. The molecule has 0 saturated carbocycles. The summed E-state index contributed by atoms with van der Waals surface area (Å²) in [4.78, 5) is 11.6. The minimum Gasteiger partial charge on any atom is -0.469 e. The zero-order valence-electron chi connectivity index (χ0n) is 10.5. The Balaban J connectivity index is 3.17. The van der Waals surface area contributed by atoms with Crippen molar-refractivity contribution in [1.29, 1.82) is 0 Å². The average Bonchev–Trinajstić information content (AvgIpc) is 2.32.